The van der Waals surface area contributed by atoms with Gasteiger partial charge in [0.1, 0.15) is 23.4 Å². The normalized spacial score (nSPS) is 14.7. The first kappa shape index (κ1) is 27.7. The lowest BCUT2D eigenvalue weighted by Crippen LogP contribution is -2.35. The molecule has 2 aromatic carbocycles. The summed E-state index contributed by atoms with van der Waals surface area (Å²) in [7, 11) is 6.04. The van der Waals surface area contributed by atoms with Crippen molar-refractivity contribution in [2.24, 2.45) is 0 Å². The lowest BCUT2D eigenvalue weighted by atomic mass is 10.1. The Bertz CT molecular complexity index is 1270. The number of hydrogen-bond donors (Lipinski definition) is 3. The van der Waals surface area contributed by atoms with Crippen molar-refractivity contribution in [1.29, 1.82) is 0 Å². The van der Waals surface area contributed by atoms with Gasteiger partial charge in [0.25, 0.3) is 11.8 Å². The highest BCUT2D eigenvalue weighted by Gasteiger charge is 2.21. The first-order valence-electron chi connectivity index (χ1n) is 10.9. The Morgan fingerprint density at radius 1 is 0.865 bits per heavy atom. The molecule has 1 unspecified atom stereocenters. The Morgan fingerprint density at radius 2 is 1.57 bits per heavy atom. The number of methoxy groups -OCH3 is 4. The number of allylic oxidation sites excluding steroid dienone is 1. The zero-order chi connectivity index (χ0) is 26.9. The molecule has 0 radical (unpaired) electrons. The molecule has 3 N–H and O–H groups in total. The van der Waals surface area contributed by atoms with Crippen LogP contribution in [0.15, 0.2) is 77.8 Å². The highest BCUT2D eigenvalue weighted by atomic mass is 35.5. The van der Waals surface area contributed by atoms with Crippen molar-refractivity contribution in [3.8, 4) is 5.75 Å². The maximum Gasteiger partial charge on any atom is 0.257 e. The Kier molecular flexibility index (Phi) is 9.67. The van der Waals surface area contributed by atoms with Crippen LogP contribution in [0.25, 0.3) is 0 Å². The fourth-order valence-corrected chi connectivity index (χ4v) is 3.73. The fraction of sp³-hybridized carbons (Fsp3) is 0.192. The van der Waals surface area contributed by atoms with Crippen LogP contribution in [0, 0.1) is 0 Å². The van der Waals surface area contributed by atoms with Crippen LogP contribution in [-0.4, -0.2) is 51.5 Å². The van der Waals surface area contributed by atoms with Crippen LogP contribution in [-0.2, 0) is 19.0 Å². The number of thiocarbonyl (C=S) groups is 1. The third-order valence-electron chi connectivity index (χ3n) is 5.22. The molecule has 0 saturated carbocycles. The number of hydrogen-bond acceptors (Lipinski definition) is 7. The van der Waals surface area contributed by atoms with Crippen LogP contribution in [0.3, 0.4) is 0 Å². The van der Waals surface area contributed by atoms with Crippen LogP contribution >= 0.6 is 23.8 Å². The second-order valence-electron chi connectivity index (χ2n) is 7.57. The summed E-state index contributed by atoms with van der Waals surface area (Å²) in [5.74, 6) is 0.586. The maximum atomic E-state index is 12.9. The first-order valence-corrected chi connectivity index (χ1v) is 11.7. The van der Waals surface area contributed by atoms with Gasteiger partial charge >= 0.3 is 0 Å². The predicted octanol–water partition coefficient (Wildman–Crippen LogP) is 4.43. The van der Waals surface area contributed by atoms with E-state index in [0.717, 1.165) is 0 Å². The number of benzene rings is 2. The molecule has 0 spiro atoms. The Labute approximate surface area is 225 Å². The summed E-state index contributed by atoms with van der Waals surface area (Å²) in [6.45, 7) is 0. The first-order chi connectivity index (χ1) is 17.8. The third kappa shape index (κ3) is 7.32. The van der Waals surface area contributed by atoms with Crippen molar-refractivity contribution in [2.45, 2.75) is 6.10 Å². The van der Waals surface area contributed by atoms with E-state index in [2.05, 4.69) is 16.0 Å². The van der Waals surface area contributed by atoms with Crippen molar-refractivity contribution in [3.63, 3.8) is 0 Å². The number of anilines is 2. The molecule has 0 saturated heterocycles. The monoisotopic (exact) mass is 543 g/mol. The molecule has 1 aliphatic carbocycles. The highest BCUT2D eigenvalue weighted by Crippen LogP contribution is 2.24. The molecule has 1 atom stereocenters. The number of ether oxygens (including phenoxy) is 4. The average molecular weight is 544 g/mol. The van der Waals surface area contributed by atoms with Gasteiger partial charge in [0.2, 0.25) is 0 Å². The zero-order valence-electron chi connectivity index (χ0n) is 20.6. The molecule has 2 aromatic rings. The van der Waals surface area contributed by atoms with Crippen molar-refractivity contribution >= 4 is 52.1 Å². The minimum atomic E-state index is -0.525. The average Bonchev–Trinajstić information content (AvgIpc) is 3.09. The van der Waals surface area contributed by atoms with Crippen LogP contribution < -0.4 is 20.7 Å². The number of carbonyl (C=O) groups is 2. The summed E-state index contributed by atoms with van der Waals surface area (Å²) in [5.41, 5.74) is 1.48. The molecule has 1 aliphatic rings. The number of rotatable bonds is 8. The number of amides is 2. The summed E-state index contributed by atoms with van der Waals surface area (Å²) >= 11 is 11.6. The van der Waals surface area contributed by atoms with Gasteiger partial charge in [-0.25, -0.2) is 0 Å². The van der Waals surface area contributed by atoms with Crippen molar-refractivity contribution in [3.05, 3.63) is 88.4 Å². The molecule has 37 heavy (non-hydrogen) atoms. The SMILES string of the molecule is COC1=CC(OC)C(OC)=CC(C(=O)NC(=S)Nc2ccc(Cl)c(C(=O)Nc3ccc(OC)cc3)c2)=C1. The molecule has 0 aliphatic heterocycles. The second kappa shape index (κ2) is 12.9. The van der Waals surface area contributed by atoms with Gasteiger partial charge in [0.05, 0.1) is 31.9 Å². The molecule has 0 heterocycles. The van der Waals surface area contributed by atoms with Gasteiger partial charge in [0.15, 0.2) is 5.11 Å². The Hall–Kier alpha value is -3.86. The number of carbonyl (C=O) groups excluding carboxylic acids is 2. The lowest BCUT2D eigenvalue weighted by Gasteiger charge is -2.14. The minimum Gasteiger partial charge on any atom is -0.498 e. The van der Waals surface area contributed by atoms with Crippen LogP contribution in [0.5, 0.6) is 5.75 Å². The van der Waals surface area contributed by atoms with E-state index in [-0.39, 0.29) is 21.3 Å². The minimum absolute atomic E-state index is 0.0117. The van der Waals surface area contributed by atoms with Crippen molar-refractivity contribution in [2.75, 3.05) is 39.1 Å². The van der Waals surface area contributed by atoms with E-state index in [1.54, 1.807) is 61.7 Å². The fourth-order valence-electron chi connectivity index (χ4n) is 3.31. The summed E-state index contributed by atoms with van der Waals surface area (Å²) in [4.78, 5) is 25.7. The number of nitrogens with one attached hydrogen (secondary N) is 3. The quantitative estimate of drug-likeness (QED) is 0.420. The van der Waals surface area contributed by atoms with Crippen LogP contribution in [0.1, 0.15) is 10.4 Å². The van der Waals surface area contributed by atoms with E-state index < -0.39 is 17.9 Å². The Morgan fingerprint density at radius 3 is 2.19 bits per heavy atom. The molecule has 9 nitrogen and oxygen atoms in total. The zero-order valence-corrected chi connectivity index (χ0v) is 22.2. The molecular formula is C26H26ClN3O6S. The van der Waals surface area contributed by atoms with Crippen molar-refractivity contribution in [1.82, 2.24) is 5.32 Å². The van der Waals surface area contributed by atoms with Crippen molar-refractivity contribution < 1.29 is 28.5 Å². The highest BCUT2D eigenvalue weighted by molar-refractivity contribution is 7.80. The van der Waals surface area contributed by atoms with Gasteiger partial charge in [-0.15, -0.1) is 0 Å². The molecule has 11 heteroatoms. The third-order valence-corrected chi connectivity index (χ3v) is 5.76. The predicted molar refractivity (Wildman–Crippen MR) is 146 cm³/mol. The van der Waals surface area contributed by atoms with E-state index >= 15 is 0 Å². The molecule has 3 rings (SSSR count). The summed E-state index contributed by atoms with van der Waals surface area (Å²) in [5, 5.41) is 8.54. The van der Waals surface area contributed by atoms with Crippen LogP contribution in [0.4, 0.5) is 11.4 Å². The van der Waals surface area contributed by atoms with E-state index in [9.17, 15) is 9.59 Å². The van der Waals surface area contributed by atoms with Gasteiger partial charge in [-0.3, -0.25) is 14.9 Å². The molecule has 0 aromatic heterocycles. The summed E-state index contributed by atoms with van der Waals surface area (Å²) in [6, 6.07) is 11.6. The summed E-state index contributed by atoms with van der Waals surface area (Å²) in [6.07, 6.45) is 4.24. The topological polar surface area (TPSA) is 107 Å². The second-order valence-corrected chi connectivity index (χ2v) is 8.38. The van der Waals surface area contributed by atoms with Crippen LogP contribution in [0.2, 0.25) is 5.02 Å². The van der Waals surface area contributed by atoms with Gasteiger partial charge < -0.3 is 29.6 Å². The van der Waals surface area contributed by atoms with Gasteiger partial charge in [-0.1, -0.05) is 11.6 Å². The van der Waals surface area contributed by atoms with E-state index in [1.165, 1.54) is 27.4 Å². The molecular weight excluding hydrogens is 518 g/mol. The number of halogens is 1. The standard InChI is InChI=1S/C26H26ClN3O6S/c1-33-18-8-5-16(6-9-18)28-25(32)20-13-17(7-10-21(20)27)29-26(37)30-24(31)15-11-19(34-2)14-23(36-4)22(12-15)35-3/h5-14,23H,1-4H3,(H,28,32)(H2,29,30,31,37). The lowest BCUT2D eigenvalue weighted by molar-refractivity contribution is -0.115. The smallest absolute Gasteiger partial charge is 0.257 e. The molecule has 0 fully saturated rings. The summed E-state index contributed by atoms with van der Waals surface area (Å²) < 4.78 is 21.2. The molecule has 0 bridgehead atoms. The van der Waals surface area contributed by atoms with Gasteiger partial charge in [-0.2, -0.15) is 0 Å². The maximum absolute atomic E-state index is 12.9. The van der Waals surface area contributed by atoms with E-state index in [0.29, 0.717) is 28.6 Å². The Balaban J connectivity index is 1.71. The van der Waals surface area contributed by atoms with Gasteiger partial charge in [-0.05, 0) is 72.9 Å². The van der Waals surface area contributed by atoms with E-state index in [4.69, 9.17) is 42.8 Å². The largest absolute Gasteiger partial charge is 0.498 e. The molecule has 194 valence electrons. The molecule has 2 amide bonds. The van der Waals surface area contributed by atoms with E-state index in [1.807, 2.05) is 0 Å². The van der Waals surface area contributed by atoms with Gasteiger partial charge in [0, 0.05) is 24.1 Å².